The van der Waals surface area contributed by atoms with E-state index >= 15 is 0 Å². The van der Waals surface area contributed by atoms with Gasteiger partial charge in [0.2, 0.25) is 0 Å². The van der Waals surface area contributed by atoms with Crippen molar-refractivity contribution >= 4 is 22.0 Å². The van der Waals surface area contributed by atoms with Gasteiger partial charge in [0.05, 0.1) is 12.6 Å². The van der Waals surface area contributed by atoms with Crippen LogP contribution in [0.3, 0.4) is 0 Å². The fourth-order valence-electron chi connectivity index (χ4n) is 4.05. The molecule has 28 heavy (non-hydrogen) atoms. The molecule has 2 heterocycles. The van der Waals surface area contributed by atoms with Crippen LogP contribution in [0.1, 0.15) is 29.2 Å². The molecule has 0 saturated carbocycles. The summed E-state index contributed by atoms with van der Waals surface area (Å²) in [6.45, 7) is 1.80. The molecule has 5 nitrogen and oxygen atoms in total. The number of halogens is 3. The lowest BCUT2D eigenvalue weighted by molar-refractivity contribution is -0.0599. The first-order chi connectivity index (χ1) is 13.4. The van der Waals surface area contributed by atoms with Gasteiger partial charge in [-0.05, 0) is 47.9 Å². The summed E-state index contributed by atoms with van der Waals surface area (Å²) >= 11 is 3.48. The van der Waals surface area contributed by atoms with Crippen LogP contribution >= 0.6 is 15.9 Å². The van der Waals surface area contributed by atoms with Gasteiger partial charge in [-0.3, -0.25) is 4.90 Å². The Hall–Kier alpha value is -2.03. The van der Waals surface area contributed by atoms with Crippen LogP contribution < -0.4 is 5.32 Å². The van der Waals surface area contributed by atoms with E-state index in [0.717, 1.165) is 35.8 Å². The summed E-state index contributed by atoms with van der Waals surface area (Å²) in [7, 11) is 0. The van der Waals surface area contributed by atoms with Gasteiger partial charge in [0.1, 0.15) is 17.7 Å². The van der Waals surface area contributed by atoms with Gasteiger partial charge in [0, 0.05) is 29.2 Å². The summed E-state index contributed by atoms with van der Waals surface area (Å²) in [5.41, 5.74) is 2.48. The summed E-state index contributed by atoms with van der Waals surface area (Å²) < 4.78 is 34.8. The van der Waals surface area contributed by atoms with E-state index < -0.39 is 29.9 Å². The van der Waals surface area contributed by atoms with E-state index in [2.05, 4.69) is 38.3 Å². The largest absolute Gasteiger partial charge is 0.465 e. The highest BCUT2D eigenvalue weighted by Crippen LogP contribution is 2.35. The Labute approximate surface area is 169 Å². The molecule has 2 aromatic carbocycles. The maximum absolute atomic E-state index is 14.2. The van der Waals surface area contributed by atoms with E-state index in [1.807, 2.05) is 6.07 Å². The highest BCUT2D eigenvalue weighted by atomic mass is 79.9. The Morgan fingerprint density at radius 2 is 1.96 bits per heavy atom. The topological polar surface area (TPSA) is 61.8 Å². The monoisotopic (exact) mass is 452 g/mol. The minimum absolute atomic E-state index is 0.0316. The fourth-order valence-corrected chi connectivity index (χ4v) is 4.46. The second kappa shape index (κ2) is 7.77. The Bertz CT molecular complexity index is 911. The molecule has 2 aliphatic heterocycles. The van der Waals surface area contributed by atoms with Crippen molar-refractivity contribution in [2.75, 3.05) is 6.61 Å². The molecule has 2 aromatic rings. The first-order valence-electron chi connectivity index (χ1n) is 8.98. The predicted molar refractivity (Wildman–Crippen MR) is 102 cm³/mol. The number of benzene rings is 2. The van der Waals surface area contributed by atoms with Crippen LogP contribution in [0.15, 0.2) is 40.9 Å². The molecule has 8 heteroatoms. The molecule has 2 N–H and O–H groups in total. The highest BCUT2D eigenvalue weighted by molar-refractivity contribution is 9.10. The third-order valence-corrected chi connectivity index (χ3v) is 5.86. The quantitative estimate of drug-likeness (QED) is 0.731. The highest BCUT2D eigenvalue weighted by Gasteiger charge is 2.38. The number of nitrogens with one attached hydrogen (secondary N) is 1. The lowest BCUT2D eigenvalue weighted by Crippen LogP contribution is -2.51. The van der Waals surface area contributed by atoms with Crippen molar-refractivity contribution in [2.24, 2.45) is 0 Å². The molecule has 1 saturated heterocycles. The molecule has 0 spiro atoms. The third kappa shape index (κ3) is 3.90. The molecule has 1 unspecified atom stereocenters. The Morgan fingerprint density at radius 3 is 2.75 bits per heavy atom. The lowest BCUT2D eigenvalue weighted by atomic mass is 9.92. The normalized spacial score (nSPS) is 24.8. The second-order valence-corrected chi connectivity index (χ2v) is 8.10. The first-order valence-corrected chi connectivity index (χ1v) is 9.77. The SMILES string of the molecule is O=C(O)N[C@H]1C[C@@H](N2Cc3ccc(Br)cc3C2)COC1c1cc(F)ccc1F. The number of carboxylic acid groups (broad SMARTS) is 1. The van der Waals surface area contributed by atoms with E-state index in [0.29, 0.717) is 13.0 Å². The molecule has 0 bridgehead atoms. The van der Waals surface area contributed by atoms with E-state index in [9.17, 15) is 18.7 Å². The Morgan fingerprint density at radius 1 is 1.18 bits per heavy atom. The van der Waals surface area contributed by atoms with Gasteiger partial charge in [0.15, 0.2) is 0 Å². The Balaban J connectivity index is 1.54. The molecule has 3 atom stereocenters. The van der Waals surface area contributed by atoms with Crippen molar-refractivity contribution in [1.82, 2.24) is 10.2 Å². The molecule has 4 rings (SSSR count). The van der Waals surface area contributed by atoms with Crippen molar-refractivity contribution in [3.8, 4) is 0 Å². The fraction of sp³-hybridized carbons (Fsp3) is 0.350. The molecule has 148 valence electrons. The van der Waals surface area contributed by atoms with Crippen LogP contribution in [0.2, 0.25) is 0 Å². The predicted octanol–water partition coefficient (Wildman–Crippen LogP) is 4.21. The summed E-state index contributed by atoms with van der Waals surface area (Å²) in [6.07, 6.45) is -1.64. The van der Waals surface area contributed by atoms with Crippen molar-refractivity contribution in [3.63, 3.8) is 0 Å². The number of hydrogen-bond donors (Lipinski definition) is 2. The zero-order valence-corrected chi connectivity index (χ0v) is 16.5. The molecule has 0 radical (unpaired) electrons. The summed E-state index contributed by atoms with van der Waals surface area (Å²) in [5, 5.41) is 11.7. The Kier molecular flexibility index (Phi) is 5.35. The standard InChI is InChI=1S/C20H19BrF2N2O3/c21-13-2-1-11-8-25(9-12(11)5-13)15-7-18(24-20(26)27)19(28-10-15)16-6-14(22)3-4-17(16)23/h1-6,15,18-19,24H,7-10H2,(H,26,27)/t15-,18+,19?/m1/s1. The van der Waals surface area contributed by atoms with Crippen LogP contribution in [0.5, 0.6) is 0 Å². The first kappa shape index (κ1) is 19.3. The zero-order chi connectivity index (χ0) is 19.8. The van der Waals surface area contributed by atoms with Gasteiger partial charge in [0.25, 0.3) is 0 Å². The number of hydrogen-bond acceptors (Lipinski definition) is 3. The molecular formula is C20H19BrF2N2O3. The maximum Gasteiger partial charge on any atom is 0.404 e. The van der Waals surface area contributed by atoms with Crippen molar-refractivity contribution in [3.05, 3.63) is 69.2 Å². The second-order valence-electron chi connectivity index (χ2n) is 7.18. The number of nitrogens with zero attached hydrogens (tertiary/aromatic N) is 1. The third-order valence-electron chi connectivity index (χ3n) is 5.36. The van der Waals surface area contributed by atoms with Crippen molar-refractivity contribution < 1.29 is 23.4 Å². The van der Waals surface area contributed by atoms with Gasteiger partial charge in [-0.1, -0.05) is 22.0 Å². The van der Waals surface area contributed by atoms with Crippen LogP contribution in [0.25, 0.3) is 0 Å². The van der Waals surface area contributed by atoms with E-state index in [4.69, 9.17) is 4.74 Å². The summed E-state index contributed by atoms with van der Waals surface area (Å²) in [5.74, 6) is -1.20. The smallest absolute Gasteiger partial charge is 0.404 e. The minimum Gasteiger partial charge on any atom is -0.465 e. The van der Waals surface area contributed by atoms with Crippen molar-refractivity contribution in [2.45, 2.75) is 37.7 Å². The molecule has 0 aromatic heterocycles. The van der Waals surface area contributed by atoms with Gasteiger partial charge < -0.3 is 15.2 Å². The van der Waals surface area contributed by atoms with E-state index in [-0.39, 0.29) is 11.6 Å². The number of fused-ring (bicyclic) bond motifs is 1. The lowest BCUT2D eigenvalue weighted by Gasteiger charge is -2.40. The molecule has 1 amide bonds. The van der Waals surface area contributed by atoms with Crippen LogP contribution in [0, 0.1) is 11.6 Å². The number of carbonyl (C=O) groups is 1. The van der Waals surface area contributed by atoms with Crippen molar-refractivity contribution in [1.29, 1.82) is 0 Å². The van der Waals surface area contributed by atoms with Gasteiger partial charge in [-0.25, -0.2) is 13.6 Å². The maximum atomic E-state index is 14.2. The average molecular weight is 453 g/mol. The van der Waals surface area contributed by atoms with Gasteiger partial charge in [-0.2, -0.15) is 0 Å². The molecular weight excluding hydrogens is 434 g/mol. The van der Waals surface area contributed by atoms with Crippen LogP contribution in [-0.2, 0) is 17.8 Å². The average Bonchev–Trinajstić information content (AvgIpc) is 3.06. The summed E-state index contributed by atoms with van der Waals surface area (Å²) in [4.78, 5) is 13.5. The van der Waals surface area contributed by atoms with E-state index in [1.54, 1.807) is 0 Å². The van der Waals surface area contributed by atoms with Crippen LogP contribution in [0.4, 0.5) is 13.6 Å². The van der Waals surface area contributed by atoms with Gasteiger partial charge >= 0.3 is 6.09 Å². The summed E-state index contributed by atoms with van der Waals surface area (Å²) in [6, 6.07) is 8.57. The zero-order valence-electron chi connectivity index (χ0n) is 14.9. The van der Waals surface area contributed by atoms with Crippen LogP contribution in [-0.4, -0.2) is 34.8 Å². The van der Waals surface area contributed by atoms with E-state index in [1.165, 1.54) is 11.1 Å². The minimum atomic E-state index is -1.22. The number of ether oxygens (including phenoxy) is 1. The molecule has 2 aliphatic rings. The van der Waals surface area contributed by atoms with Gasteiger partial charge in [-0.15, -0.1) is 0 Å². The number of rotatable bonds is 3. The number of amides is 1. The molecule has 1 fully saturated rings. The molecule has 0 aliphatic carbocycles.